The maximum atomic E-state index is 13.1. The standard InChI is InChI=1S/C25H28N4O3/c1-16(2)22(28-25(31)32)24(30)29-14-6-9-21(29)23-26-15-20(27-23)19-12-10-18(11-13-19)17-7-4-3-5-8-17/h3-5,7-8,10-13,15-16,21-22,28H,6,9,14H2,1-2H3,(H,26,27)(H,31,32)/t21-,22-/m0/s1. The number of carbonyl (C=O) groups is 2. The summed E-state index contributed by atoms with van der Waals surface area (Å²) in [7, 11) is 0. The first kappa shape index (κ1) is 21.6. The molecule has 3 aromatic rings. The Labute approximate surface area is 187 Å². The summed E-state index contributed by atoms with van der Waals surface area (Å²) >= 11 is 0. The number of nitrogens with zero attached hydrogens (tertiary/aromatic N) is 2. The second-order valence-corrected chi connectivity index (χ2v) is 8.49. The third-order valence-electron chi connectivity index (χ3n) is 5.96. The molecule has 1 aromatic heterocycles. The number of aromatic amines is 1. The van der Waals surface area contributed by atoms with Crippen molar-refractivity contribution in [2.45, 2.75) is 38.8 Å². The van der Waals surface area contributed by atoms with Crippen molar-refractivity contribution in [2.75, 3.05) is 6.54 Å². The predicted molar refractivity (Wildman–Crippen MR) is 123 cm³/mol. The zero-order valence-corrected chi connectivity index (χ0v) is 18.3. The summed E-state index contributed by atoms with van der Waals surface area (Å²) in [6, 6.07) is 17.5. The second kappa shape index (κ2) is 9.26. The van der Waals surface area contributed by atoms with E-state index in [9.17, 15) is 9.59 Å². The maximum Gasteiger partial charge on any atom is 0.405 e. The zero-order valence-electron chi connectivity index (χ0n) is 18.3. The Bertz CT molecular complexity index is 1080. The molecule has 1 fully saturated rings. The number of aromatic nitrogens is 2. The molecule has 7 heteroatoms. The summed E-state index contributed by atoms with van der Waals surface area (Å²) in [5, 5.41) is 11.5. The summed E-state index contributed by atoms with van der Waals surface area (Å²) < 4.78 is 0. The molecule has 1 aliphatic heterocycles. The summed E-state index contributed by atoms with van der Waals surface area (Å²) in [5.41, 5.74) is 4.22. The molecular formula is C25H28N4O3. The van der Waals surface area contributed by atoms with Gasteiger partial charge in [-0.2, -0.15) is 0 Å². The average Bonchev–Trinajstić information content (AvgIpc) is 3.47. The van der Waals surface area contributed by atoms with Gasteiger partial charge in [0.15, 0.2) is 0 Å². The topological polar surface area (TPSA) is 98.3 Å². The van der Waals surface area contributed by atoms with Crippen molar-refractivity contribution in [1.82, 2.24) is 20.2 Å². The Morgan fingerprint density at radius 1 is 1.06 bits per heavy atom. The number of carboxylic acid groups (broad SMARTS) is 1. The molecule has 1 saturated heterocycles. The lowest BCUT2D eigenvalue weighted by atomic mass is 10.0. The minimum atomic E-state index is -1.19. The van der Waals surface area contributed by atoms with Crippen LogP contribution in [0, 0.1) is 5.92 Å². The van der Waals surface area contributed by atoms with Crippen LogP contribution in [0.4, 0.5) is 4.79 Å². The van der Waals surface area contributed by atoms with E-state index in [2.05, 4.69) is 51.7 Å². The van der Waals surface area contributed by atoms with Gasteiger partial charge in [-0.25, -0.2) is 9.78 Å². The Morgan fingerprint density at radius 2 is 1.72 bits per heavy atom. The Morgan fingerprint density at radius 3 is 2.38 bits per heavy atom. The lowest BCUT2D eigenvalue weighted by molar-refractivity contribution is -0.135. The van der Waals surface area contributed by atoms with Crippen LogP contribution < -0.4 is 5.32 Å². The summed E-state index contributed by atoms with van der Waals surface area (Å²) in [6.45, 7) is 4.28. The molecule has 7 nitrogen and oxygen atoms in total. The van der Waals surface area contributed by atoms with Crippen molar-refractivity contribution in [1.29, 1.82) is 0 Å². The molecule has 1 aliphatic rings. The van der Waals surface area contributed by atoms with Crippen LogP contribution >= 0.6 is 0 Å². The summed E-state index contributed by atoms with van der Waals surface area (Å²) in [6.07, 6.45) is 2.26. The van der Waals surface area contributed by atoms with Gasteiger partial charge >= 0.3 is 6.09 Å². The van der Waals surface area contributed by atoms with Crippen molar-refractivity contribution < 1.29 is 14.7 Å². The Hall–Kier alpha value is -3.61. The normalized spacial score (nSPS) is 16.8. The highest BCUT2D eigenvalue weighted by Crippen LogP contribution is 2.33. The van der Waals surface area contributed by atoms with E-state index in [-0.39, 0.29) is 17.9 Å². The number of hydrogen-bond donors (Lipinski definition) is 3. The Kier molecular flexibility index (Phi) is 6.25. The molecule has 166 valence electrons. The van der Waals surface area contributed by atoms with Gasteiger partial charge in [-0.3, -0.25) is 4.79 Å². The molecule has 0 aliphatic carbocycles. The predicted octanol–water partition coefficient (Wildman–Crippen LogP) is 4.70. The molecule has 0 unspecified atom stereocenters. The van der Waals surface area contributed by atoms with Crippen molar-refractivity contribution in [3.8, 4) is 22.4 Å². The van der Waals surface area contributed by atoms with Crippen LogP contribution in [0.15, 0.2) is 60.8 Å². The van der Waals surface area contributed by atoms with Gasteiger partial charge in [-0.15, -0.1) is 0 Å². The van der Waals surface area contributed by atoms with Crippen LogP contribution in [0.25, 0.3) is 22.4 Å². The van der Waals surface area contributed by atoms with Crippen molar-refractivity contribution in [2.24, 2.45) is 5.92 Å². The third kappa shape index (κ3) is 4.51. The van der Waals surface area contributed by atoms with E-state index in [1.54, 1.807) is 11.1 Å². The number of imidazole rings is 1. The molecule has 0 bridgehead atoms. The minimum Gasteiger partial charge on any atom is -0.465 e. The fraction of sp³-hybridized carbons (Fsp3) is 0.320. The molecular weight excluding hydrogens is 404 g/mol. The number of H-pyrrole nitrogens is 1. The summed E-state index contributed by atoms with van der Waals surface area (Å²) in [5.74, 6) is 0.390. The first-order chi connectivity index (χ1) is 15.4. The highest BCUT2D eigenvalue weighted by atomic mass is 16.4. The van der Waals surface area contributed by atoms with E-state index in [4.69, 9.17) is 5.11 Å². The lowest BCUT2D eigenvalue weighted by Gasteiger charge is -2.29. The molecule has 3 N–H and O–H groups in total. The summed E-state index contributed by atoms with van der Waals surface area (Å²) in [4.78, 5) is 34.0. The van der Waals surface area contributed by atoms with E-state index in [0.29, 0.717) is 6.54 Å². The second-order valence-electron chi connectivity index (χ2n) is 8.49. The van der Waals surface area contributed by atoms with Crippen molar-refractivity contribution in [3.05, 3.63) is 66.6 Å². The van der Waals surface area contributed by atoms with Crippen LogP contribution in [-0.4, -0.2) is 44.6 Å². The number of nitrogens with one attached hydrogen (secondary N) is 2. The van der Waals surface area contributed by atoms with Gasteiger partial charge in [-0.05, 0) is 35.4 Å². The van der Waals surface area contributed by atoms with Crippen LogP contribution in [-0.2, 0) is 4.79 Å². The molecule has 2 atom stereocenters. The van der Waals surface area contributed by atoms with Gasteiger partial charge in [0.1, 0.15) is 11.9 Å². The first-order valence-corrected chi connectivity index (χ1v) is 10.9. The third-order valence-corrected chi connectivity index (χ3v) is 5.96. The van der Waals surface area contributed by atoms with Gasteiger partial charge in [0.05, 0.1) is 17.9 Å². The molecule has 2 amide bonds. The largest absolute Gasteiger partial charge is 0.465 e. The Balaban J connectivity index is 1.52. The quantitative estimate of drug-likeness (QED) is 0.526. The van der Waals surface area contributed by atoms with Crippen molar-refractivity contribution in [3.63, 3.8) is 0 Å². The monoisotopic (exact) mass is 432 g/mol. The number of likely N-dealkylation sites (tertiary alicyclic amines) is 1. The van der Waals surface area contributed by atoms with E-state index >= 15 is 0 Å². The fourth-order valence-corrected chi connectivity index (χ4v) is 4.27. The van der Waals surface area contributed by atoms with Crippen LogP contribution in [0.2, 0.25) is 0 Å². The maximum absolute atomic E-state index is 13.1. The molecule has 2 heterocycles. The number of benzene rings is 2. The molecule has 0 saturated carbocycles. The SMILES string of the molecule is CC(C)[C@H](NC(=O)O)C(=O)N1CCC[C@H]1c1ncc(-c2ccc(-c3ccccc3)cc2)[nH]1. The fourth-order valence-electron chi connectivity index (χ4n) is 4.27. The van der Waals surface area contributed by atoms with E-state index in [1.165, 1.54) is 5.56 Å². The van der Waals surface area contributed by atoms with Crippen LogP contribution in [0.5, 0.6) is 0 Å². The average molecular weight is 433 g/mol. The minimum absolute atomic E-state index is 0.143. The van der Waals surface area contributed by atoms with Crippen LogP contribution in [0.1, 0.15) is 38.6 Å². The first-order valence-electron chi connectivity index (χ1n) is 10.9. The number of hydrogen-bond acceptors (Lipinski definition) is 3. The number of amides is 2. The van der Waals surface area contributed by atoms with Crippen molar-refractivity contribution >= 4 is 12.0 Å². The molecule has 32 heavy (non-hydrogen) atoms. The van der Waals surface area contributed by atoms with Crippen LogP contribution in [0.3, 0.4) is 0 Å². The van der Waals surface area contributed by atoms with E-state index < -0.39 is 12.1 Å². The van der Waals surface area contributed by atoms with Gasteiger partial charge in [0.25, 0.3) is 0 Å². The number of carbonyl (C=O) groups excluding carboxylic acids is 1. The number of rotatable bonds is 6. The van der Waals surface area contributed by atoms with Gasteiger partial charge in [-0.1, -0.05) is 68.4 Å². The van der Waals surface area contributed by atoms with Gasteiger partial charge in [0.2, 0.25) is 5.91 Å². The highest BCUT2D eigenvalue weighted by molar-refractivity contribution is 5.86. The molecule has 0 spiro atoms. The zero-order chi connectivity index (χ0) is 22.7. The molecule has 0 radical (unpaired) electrons. The smallest absolute Gasteiger partial charge is 0.405 e. The molecule has 4 rings (SSSR count). The van der Waals surface area contributed by atoms with Gasteiger partial charge < -0.3 is 20.3 Å². The van der Waals surface area contributed by atoms with E-state index in [1.807, 2.05) is 32.0 Å². The lowest BCUT2D eigenvalue weighted by Crippen LogP contribution is -2.50. The van der Waals surface area contributed by atoms with E-state index in [0.717, 1.165) is 35.5 Å². The van der Waals surface area contributed by atoms with Gasteiger partial charge in [0, 0.05) is 6.54 Å². The highest BCUT2D eigenvalue weighted by Gasteiger charge is 2.37. The molecule has 2 aromatic carbocycles.